The van der Waals surface area contributed by atoms with Gasteiger partial charge in [0.2, 0.25) is 0 Å². The molecule has 1 saturated heterocycles. The standard InChI is InChI=1S/C20H33N3O2S/c1-5-25-19-8-6-17(7-9-19)21-20(26)23(14-15-24-4)18-10-12-22(13-11-18)16(2)3/h6-9,16,18H,5,10-15H2,1-4H3,(H,21,26)/p+1. The summed E-state index contributed by atoms with van der Waals surface area (Å²) < 4.78 is 10.8. The van der Waals surface area contributed by atoms with E-state index in [1.165, 1.54) is 25.9 Å². The smallest absolute Gasteiger partial charge is 0.173 e. The van der Waals surface area contributed by atoms with Crippen LogP contribution in [0.25, 0.3) is 0 Å². The summed E-state index contributed by atoms with van der Waals surface area (Å²) in [5, 5.41) is 4.17. The molecule has 0 spiro atoms. The molecule has 2 rings (SSSR count). The van der Waals surface area contributed by atoms with Crippen molar-refractivity contribution >= 4 is 23.0 Å². The van der Waals surface area contributed by atoms with E-state index in [4.69, 9.17) is 21.7 Å². The van der Waals surface area contributed by atoms with Crippen molar-refractivity contribution in [2.45, 2.75) is 45.7 Å². The van der Waals surface area contributed by atoms with E-state index in [1.54, 1.807) is 12.0 Å². The van der Waals surface area contributed by atoms with Gasteiger partial charge in [0.1, 0.15) is 5.75 Å². The Morgan fingerprint density at radius 3 is 2.46 bits per heavy atom. The van der Waals surface area contributed by atoms with Gasteiger partial charge in [-0.25, -0.2) is 0 Å². The van der Waals surface area contributed by atoms with Crippen LogP contribution >= 0.6 is 12.2 Å². The predicted octanol–water partition coefficient (Wildman–Crippen LogP) is 2.19. The lowest BCUT2D eigenvalue weighted by molar-refractivity contribution is -0.926. The van der Waals surface area contributed by atoms with Gasteiger partial charge in [-0.05, 0) is 57.3 Å². The highest BCUT2D eigenvalue weighted by molar-refractivity contribution is 7.80. The zero-order valence-corrected chi connectivity index (χ0v) is 17.4. The lowest BCUT2D eigenvalue weighted by Crippen LogP contribution is -3.16. The zero-order valence-electron chi connectivity index (χ0n) is 16.6. The number of likely N-dealkylation sites (tertiary alicyclic amines) is 1. The van der Waals surface area contributed by atoms with Gasteiger partial charge in [0.05, 0.1) is 32.3 Å². The lowest BCUT2D eigenvalue weighted by atomic mass is 10.0. The second-order valence-corrected chi connectivity index (χ2v) is 7.50. The molecular weight excluding hydrogens is 346 g/mol. The van der Waals surface area contributed by atoms with Crippen molar-refractivity contribution in [2.75, 3.05) is 45.3 Å². The summed E-state index contributed by atoms with van der Waals surface area (Å²) in [7, 11) is 1.74. The van der Waals surface area contributed by atoms with Gasteiger partial charge in [0, 0.05) is 38.2 Å². The van der Waals surface area contributed by atoms with Gasteiger partial charge in [0.25, 0.3) is 0 Å². The molecule has 26 heavy (non-hydrogen) atoms. The molecule has 0 radical (unpaired) electrons. The van der Waals surface area contributed by atoms with E-state index in [0.717, 1.165) is 23.1 Å². The average Bonchev–Trinajstić information content (AvgIpc) is 2.64. The molecule has 0 aromatic heterocycles. The molecule has 146 valence electrons. The number of rotatable bonds is 8. The summed E-state index contributed by atoms with van der Waals surface area (Å²) in [5.41, 5.74) is 0.992. The van der Waals surface area contributed by atoms with Gasteiger partial charge in [-0.15, -0.1) is 0 Å². The van der Waals surface area contributed by atoms with Crippen LogP contribution in [0.2, 0.25) is 0 Å². The van der Waals surface area contributed by atoms with Crippen molar-refractivity contribution in [1.29, 1.82) is 0 Å². The number of ether oxygens (including phenoxy) is 2. The molecule has 2 N–H and O–H groups in total. The Hall–Kier alpha value is -1.37. The second kappa shape index (κ2) is 10.7. The first kappa shape index (κ1) is 20.9. The number of nitrogens with zero attached hydrogens (tertiary/aromatic N) is 1. The first-order valence-corrected chi connectivity index (χ1v) is 10.1. The van der Waals surface area contributed by atoms with Crippen LogP contribution in [-0.2, 0) is 4.74 Å². The summed E-state index contributed by atoms with van der Waals surface area (Å²) in [6.45, 7) is 11.2. The fourth-order valence-corrected chi connectivity index (χ4v) is 3.86. The number of quaternary nitrogens is 1. The van der Waals surface area contributed by atoms with Gasteiger partial charge in [0.15, 0.2) is 5.11 Å². The summed E-state index contributed by atoms with van der Waals surface area (Å²) >= 11 is 5.74. The van der Waals surface area contributed by atoms with Gasteiger partial charge < -0.3 is 24.6 Å². The Morgan fingerprint density at radius 2 is 1.92 bits per heavy atom. The number of methoxy groups -OCH3 is 1. The van der Waals surface area contributed by atoms with Crippen LogP contribution in [-0.4, -0.2) is 62.1 Å². The molecule has 1 fully saturated rings. The van der Waals surface area contributed by atoms with Crippen LogP contribution in [0.4, 0.5) is 5.69 Å². The fraction of sp³-hybridized carbons (Fsp3) is 0.650. The minimum absolute atomic E-state index is 0.482. The Morgan fingerprint density at radius 1 is 1.27 bits per heavy atom. The summed E-state index contributed by atoms with van der Waals surface area (Å²) in [5.74, 6) is 0.879. The maximum atomic E-state index is 5.74. The number of nitrogens with one attached hydrogen (secondary N) is 2. The van der Waals surface area contributed by atoms with Gasteiger partial charge in [-0.2, -0.15) is 0 Å². The molecule has 0 unspecified atom stereocenters. The topological polar surface area (TPSA) is 38.2 Å². The number of thiocarbonyl (C=S) groups is 1. The van der Waals surface area contributed by atoms with Crippen LogP contribution in [0.1, 0.15) is 33.6 Å². The summed E-state index contributed by atoms with van der Waals surface area (Å²) in [6, 6.07) is 9.14. The molecule has 0 saturated carbocycles. The van der Waals surface area contributed by atoms with E-state index in [1.807, 2.05) is 31.2 Å². The fourth-order valence-electron chi connectivity index (χ4n) is 3.50. The number of benzene rings is 1. The maximum absolute atomic E-state index is 5.74. The lowest BCUT2D eigenvalue weighted by Gasteiger charge is -2.39. The highest BCUT2D eigenvalue weighted by Crippen LogP contribution is 2.18. The van der Waals surface area contributed by atoms with E-state index in [-0.39, 0.29) is 0 Å². The molecule has 1 aliphatic rings. The molecule has 0 amide bonds. The Labute approximate surface area is 163 Å². The molecule has 1 heterocycles. The first-order valence-electron chi connectivity index (χ1n) is 9.69. The maximum Gasteiger partial charge on any atom is 0.173 e. The third kappa shape index (κ3) is 6.11. The molecule has 1 aromatic rings. The van der Waals surface area contributed by atoms with E-state index in [0.29, 0.717) is 25.3 Å². The number of hydrogen-bond donors (Lipinski definition) is 2. The van der Waals surface area contributed by atoms with Crippen LogP contribution in [0, 0.1) is 0 Å². The molecule has 1 aromatic carbocycles. The van der Waals surface area contributed by atoms with Crippen molar-refractivity contribution in [2.24, 2.45) is 0 Å². The Balaban J connectivity index is 1.97. The number of piperidine rings is 1. The molecule has 0 aliphatic carbocycles. The third-order valence-electron chi connectivity index (χ3n) is 5.07. The van der Waals surface area contributed by atoms with Gasteiger partial charge in [-0.1, -0.05) is 0 Å². The average molecular weight is 381 g/mol. The highest BCUT2D eigenvalue weighted by atomic mass is 32.1. The molecule has 0 atom stereocenters. The largest absolute Gasteiger partial charge is 0.494 e. The van der Waals surface area contributed by atoms with Gasteiger partial charge >= 0.3 is 0 Å². The zero-order chi connectivity index (χ0) is 18.9. The molecular formula is C20H34N3O2S+. The van der Waals surface area contributed by atoms with Crippen molar-refractivity contribution in [3.05, 3.63) is 24.3 Å². The van der Waals surface area contributed by atoms with Crippen molar-refractivity contribution in [1.82, 2.24) is 4.90 Å². The Kier molecular flexibility index (Phi) is 8.62. The molecule has 0 bridgehead atoms. The predicted molar refractivity (Wildman–Crippen MR) is 111 cm³/mol. The van der Waals surface area contributed by atoms with Crippen LogP contribution in [0.15, 0.2) is 24.3 Å². The van der Waals surface area contributed by atoms with Crippen molar-refractivity contribution < 1.29 is 14.4 Å². The van der Waals surface area contributed by atoms with Gasteiger partial charge in [-0.3, -0.25) is 0 Å². The minimum atomic E-state index is 0.482. The SMILES string of the molecule is CCOc1ccc(NC(=S)N(CCOC)C2CC[NH+](C(C)C)CC2)cc1. The Bertz CT molecular complexity index is 542. The normalized spacial score (nSPS) is 20.0. The highest BCUT2D eigenvalue weighted by Gasteiger charge is 2.29. The third-order valence-corrected chi connectivity index (χ3v) is 5.40. The van der Waals surface area contributed by atoms with E-state index < -0.39 is 0 Å². The van der Waals surface area contributed by atoms with Crippen molar-refractivity contribution in [3.63, 3.8) is 0 Å². The quantitative estimate of drug-likeness (QED) is 0.677. The van der Waals surface area contributed by atoms with Crippen molar-refractivity contribution in [3.8, 4) is 5.75 Å². The van der Waals surface area contributed by atoms with E-state index in [9.17, 15) is 0 Å². The summed E-state index contributed by atoms with van der Waals surface area (Å²) in [4.78, 5) is 4.00. The summed E-state index contributed by atoms with van der Waals surface area (Å²) in [6.07, 6.45) is 2.34. The second-order valence-electron chi connectivity index (χ2n) is 7.12. The monoisotopic (exact) mass is 380 g/mol. The van der Waals surface area contributed by atoms with E-state index >= 15 is 0 Å². The molecule has 6 heteroatoms. The van der Waals surface area contributed by atoms with Crippen LogP contribution in [0.3, 0.4) is 0 Å². The first-order chi connectivity index (χ1) is 12.5. The molecule has 5 nitrogen and oxygen atoms in total. The minimum Gasteiger partial charge on any atom is -0.494 e. The van der Waals surface area contributed by atoms with Crippen LogP contribution < -0.4 is 15.0 Å². The number of anilines is 1. The number of hydrogen-bond acceptors (Lipinski definition) is 3. The molecule has 1 aliphatic heterocycles. The van der Waals surface area contributed by atoms with E-state index in [2.05, 4.69) is 24.1 Å². The van der Waals surface area contributed by atoms with Crippen LogP contribution in [0.5, 0.6) is 5.75 Å².